The largest absolute Gasteiger partial charge is 0.465 e. The first-order chi connectivity index (χ1) is 7.96. The summed E-state index contributed by atoms with van der Waals surface area (Å²) in [6.45, 7) is 2.93. The van der Waals surface area contributed by atoms with Crippen molar-refractivity contribution in [2.75, 3.05) is 32.7 Å². The van der Waals surface area contributed by atoms with E-state index in [-0.39, 0.29) is 12.8 Å². The van der Waals surface area contributed by atoms with Crippen LogP contribution in [0.3, 0.4) is 0 Å². The summed E-state index contributed by atoms with van der Waals surface area (Å²) in [6.07, 6.45) is -0.0356. The highest BCUT2D eigenvalue weighted by atomic mass is 19.3. The molecule has 2 rings (SSSR count). The van der Waals surface area contributed by atoms with E-state index in [0.29, 0.717) is 32.1 Å². The van der Waals surface area contributed by atoms with Gasteiger partial charge in [0.15, 0.2) is 0 Å². The van der Waals surface area contributed by atoms with E-state index in [9.17, 15) is 13.6 Å². The van der Waals surface area contributed by atoms with Crippen molar-refractivity contribution < 1.29 is 18.7 Å². The van der Waals surface area contributed by atoms with E-state index in [4.69, 9.17) is 5.11 Å². The summed E-state index contributed by atoms with van der Waals surface area (Å²) in [4.78, 5) is 14.0. The molecule has 0 unspecified atom stereocenters. The van der Waals surface area contributed by atoms with Crippen molar-refractivity contribution in [3.05, 3.63) is 0 Å². The lowest BCUT2D eigenvalue weighted by Crippen LogP contribution is -2.50. The van der Waals surface area contributed by atoms with Crippen LogP contribution in [0.15, 0.2) is 0 Å². The molecule has 2 saturated heterocycles. The smallest absolute Gasteiger partial charge is 0.407 e. The molecule has 6 heteroatoms. The Morgan fingerprint density at radius 1 is 1.29 bits per heavy atom. The minimum absolute atomic E-state index is 0.0427. The first kappa shape index (κ1) is 12.5. The summed E-state index contributed by atoms with van der Waals surface area (Å²) in [5.74, 6) is -2.07. The highest BCUT2D eigenvalue weighted by Crippen LogP contribution is 2.28. The summed E-state index contributed by atoms with van der Waals surface area (Å²) >= 11 is 0. The van der Waals surface area contributed by atoms with E-state index in [1.54, 1.807) is 0 Å². The van der Waals surface area contributed by atoms with Gasteiger partial charge in [0.1, 0.15) is 0 Å². The lowest BCUT2D eigenvalue weighted by Gasteiger charge is -2.39. The monoisotopic (exact) mass is 248 g/mol. The fourth-order valence-corrected chi connectivity index (χ4v) is 2.38. The number of alkyl halides is 2. The standard InChI is InChI=1S/C11H18F2N2O2/c12-11(13)2-5-14(6-3-11)4-1-9-7-15(8-9)10(16)17/h9H,1-8H2,(H,16,17). The van der Waals surface area contributed by atoms with Gasteiger partial charge in [-0.2, -0.15) is 0 Å². The Labute approximate surface area is 99.2 Å². The fourth-order valence-electron chi connectivity index (χ4n) is 2.38. The van der Waals surface area contributed by atoms with Gasteiger partial charge in [0.2, 0.25) is 0 Å². The molecule has 0 aromatic carbocycles. The number of carboxylic acid groups (broad SMARTS) is 1. The molecule has 2 aliphatic heterocycles. The van der Waals surface area contributed by atoms with Crippen molar-refractivity contribution in [1.29, 1.82) is 0 Å². The molecular formula is C11H18F2N2O2. The predicted octanol–water partition coefficient (Wildman–Crippen LogP) is 1.72. The summed E-state index contributed by atoms with van der Waals surface area (Å²) in [6, 6.07) is 0. The van der Waals surface area contributed by atoms with Gasteiger partial charge in [-0.25, -0.2) is 13.6 Å². The fraction of sp³-hybridized carbons (Fsp3) is 0.909. The van der Waals surface area contributed by atoms with Crippen molar-refractivity contribution in [1.82, 2.24) is 9.80 Å². The van der Waals surface area contributed by atoms with Gasteiger partial charge in [0.25, 0.3) is 5.92 Å². The van der Waals surface area contributed by atoms with Gasteiger partial charge in [0, 0.05) is 39.0 Å². The molecule has 0 aromatic heterocycles. The van der Waals surface area contributed by atoms with Crippen molar-refractivity contribution in [3.8, 4) is 0 Å². The molecule has 2 heterocycles. The molecule has 0 atom stereocenters. The Bertz CT molecular complexity index is 283. The highest BCUT2D eigenvalue weighted by Gasteiger charge is 2.35. The van der Waals surface area contributed by atoms with Crippen LogP contribution in [-0.2, 0) is 0 Å². The van der Waals surface area contributed by atoms with E-state index >= 15 is 0 Å². The molecule has 4 nitrogen and oxygen atoms in total. The van der Waals surface area contributed by atoms with Crippen LogP contribution in [0.2, 0.25) is 0 Å². The van der Waals surface area contributed by atoms with Crippen molar-refractivity contribution in [2.45, 2.75) is 25.2 Å². The van der Waals surface area contributed by atoms with Crippen LogP contribution in [0.1, 0.15) is 19.3 Å². The van der Waals surface area contributed by atoms with Gasteiger partial charge < -0.3 is 14.9 Å². The maximum Gasteiger partial charge on any atom is 0.407 e. The van der Waals surface area contributed by atoms with Crippen LogP contribution >= 0.6 is 0 Å². The third-order valence-corrected chi connectivity index (χ3v) is 3.67. The van der Waals surface area contributed by atoms with Gasteiger partial charge in [0.05, 0.1) is 0 Å². The number of hydrogen-bond donors (Lipinski definition) is 1. The normalized spacial score (nSPS) is 25.6. The Morgan fingerprint density at radius 2 is 1.88 bits per heavy atom. The minimum atomic E-state index is -2.48. The van der Waals surface area contributed by atoms with Crippen LogP contribution < -0.4 is 0 Å². The second-order valence-corrected chi connectivity index (χ2v) is 5.04. The molecule has 17 heavy (non-hydrogen) atoms. The molecule has 1 amide bonds. The molecule has 0 radical (unpaired) electrons. The molecule has 2 fully saturated rings. The second-order valence-electron chi connectivity index (χ2n) is 5.04. The van der Waals surface area contributed by atoms with E-state index < -0.39 is 12.0 Å². The zero-order valence-electron chi connectivity index (χ0n) is 9.74. The van der Waals surface area contributed by atoms with Crippen LogP contribution in [0.25, 0.3) is 0 Å². The Kier molecular flexibility index (Phi) is 3.51. The zero-order valence-corrected chi connectivity index (χ0v) is 9.74. The molecule has 0 bridgehead atoms. The van der Waals surface area contributed by atoms with Gasteiger partial charge >= 0.3 is 6.09 Å². The summed E-state index contributed by atoms with van der Waals surface area (Å²) in [7, 11) is 0. The quantitative estimate of drug-likeness (QED) is 0.827. The van der Waals surface area contributed by atoms with Crippen molar-refractivity contribution >= 4 is 6.09 Å². The SMILES string of the molecule is O=C(O)N1CC(CCN2CCC(F)(F)CC2)C1. The average molecular weight is 248 g/mol. The molecular weight excluding hydrogens is 230 g/mol. The third kappa shape index (κ3) is 3.28. The van der Waals surface area contributed by atoms with Crippen molar-refractivity contribution in [2.24, 2.45) is 5.92 Å². The van der Waals surface area contributed by atoms with Gasteiger partial charge in [-0.15, -0.1) is 0 Å². The van der Waals surface area contributed by atoms with Crippen LogP contribution in [0, 0.1) is 5.92 Å². The van der Waals surface area contributed by atoms with Gasteiger partial charge in [-0.3, -0.25) is 0 Å². The maximum absolute atomic E-state index is 12.9. The number of rotatable bonds is 3. The number of amides is 1. The van der Waals surface area contributed by atoms with Gasteiger partial charge in [-0.1, -0.05) is 0 Å². The Morgan fingerprint density at radius 3 is 2.41 bits per heavy atom. The second kappa shape index (κ2) is 4.76. The van der Waals surface area contributed by atoms with Crippen molar-refractivity contribution in [3.63, 3.8) is 0 Å². The topological polar surface area (TPSA) is 43.8 Å². The van der Waals surface area contributed by atoms with Crippen LogP contribution in [0.4, 0.5) is 13.6 Å². The van der Waals surface area contributed by atoms with Gasteiger partial charge in [-0.05, 0) is 18.9 Å². The Hall–Kier alpha value is -0.910. The van der Waals surface area contributed by atoms with E-state index in [2.05, 4.69) is 4.90 Å². The number of hydrogen-bond acceptors (Lipinski definition) is 2. The molecule has 0 aliphatic carbocycles. The number of halogens is 2. The highest BCUT2D eigenvalue weighted by molar-refractivity contribution is 5.65. The zero-order chi connectivity index (χ0) is 12.5. The maximum atomic E-state index is 12.9. The number of nitrogens with zero attached hydrogens (tertiary/aromatic N) is 2. The number of likely N-dealkylation sites (tertiary alicyclic amines) is 2. The first-order valence-electron chi connectivity index (χ1n) is 6.04. The van der Waals surface area contributed by atoms with Crippen LogP contribution in [0.5, 0.6) is 0 Å². The lowest BCUT2D eigenvalue weighted by atomic mass is 9.96. The third-order valence-electron chi connectivity index (χ3n) is 3.67. The summed E-state index contributed by atoms with van der Waals surface area (Å²) in [5.41, 5.74) is 0. The first-order valence-corrected chi connectivity index (χ1v) is 6.04. The predicted molar refractivity (Wildman–Crippen MR) is 58.3 cm³/mol. The van der Waals surface area contributed by atoms with E-state index in [0.717, 1.165) is 13.0 Å². The lowest BCUT2D eigenvalue weighted by molar-refractivity contribution is -0.0567. The minimum Gasteiger partial charge on any atom is -0.465 e. The summed E-state index contributed by atoms with van der Waals surface area (Å²) in [5, 5.41) is 8.66. The molecule has 98 valence electrons. The average Bonchev–Trinajstić information content (AvgIpc) is 2.17. The van der Waals surface area contributed by atoms with E-state index in [1.165, 1.54) is 4.90 Å². The molecule has 0 aromatic rings. The molecule has 0 spiro atoms. The van der Waals surface area contributed by atoms with Crippen LogP contribution in [-0.4, -0.2) is 59.6 Å². The summed E-state index contributed by atoms with van der Waals surface area (Å²) < 4.78 is 25.8. The van der Waals surface area contributed by atoms with E-state index in [1.807, 2.05) is 0 Å². The number of piperidine rings is 1. The number of carbonyl (C=O) groups is 1. The molecule has 1 N–H and O–H groups in total. The molecule has 2 aliphatic rings. The molecule has 0 saturated carbocycles. The Balaban J connectivity index is 1.60.